The lowest BCUT2D eigenvalue weighted by Gasteiger charge is -2.22. The molecular formula is C19H17Cl2NO3. The van der Waals surface area contributed by atoms with Crippen molar-refractivity contribution in [3.8, 4) is 0 Å². The Balaban J connectivity index is 2.11. The lowest BCUT2D eigenvalue weighted by atomic mass is 9.90. The minimum Gasteiger partial charge on any atom is -0.375 e. The van der Waals surface area contributed by atoms with E-state index in [1.807, 2.05) is 31.2 Å². The standard InChI is InChI=1S/C19H17Cl2NO3/c1-11-3-5-13(6-4-11)10-22-17-14(7-8-15(20)16(17)21)19(25,18(22)24)9-12(2)23/h3-8,25H,9-10H2,1-2H3. The fourth-order valence-electron chi connectivity index (χ4n) is 3.14. The van der Waals surface area contributed by atoms with E-state index in [0.29, 0.717) is 11.3 Å². The third-order valence-corrected chi connectivity index (χ3v) is 5.14. The van der Waals surface area contributed by atoms with Crippen LogP contribution in [0, 0.1) is 6.92 Å². The highest BCUT2D eigenvalue weighted by Crippen LogP contribution is 2.48. The van der Waals surface area contributed by atoms with Crippen LogP contribution in [-0.2, 0) is 21.7 Å². The van der Waals surface area contributed by atoms with Crippen LogP contribution in [0.3, 0.4) is 0 Å². The maximum Gasteiger partial charge on any atom is 0.264 e. The van der Waals surface area contributed by atoms with Gasteiger partial charge in [0, 0.05) is 12.0 Å². The van der Waals surface area contributed by atoms with Crippen LogP contribution in [0.1, 0.15) is 30.0 Å². The molecule has 3 rings (SSSR count). The number of anilines is 1. The van der Waals surface area contributed by atoms with Crippen LogP contribution in [0.15, 0.2) is 36.4 Å². The molecule has 0 saturated carbocycles. The molecule has 2 aromatic rings. The average molecular weight is 378 g/mol. The molecule has 2 aromatic carbocycles. The summed E-state index contributed by atoms with van der Waals surface area (Å²) in [5.74, 6) is -0.854. The lowest BCUT2D eigenvalue weighted by molar-refractivity contribution is -0.141. The smallest absolute Gasteiger partial charge is 0.264 e. The Morgan fingerprint density at radius 2 is 1.80 bits per heavy atom. The van der Waals surface area contributed by atoms with Gasteiger partial charge in [0.2, 0.25) is 0 Å². The van der Waals surface area contributed by atoms with Gasteiger partial charge in [0.1, 0.15) is 5.78 Å². The second kappa shape index (κ2) is 6.45. The van der Waals surface area contributed by atoms with E-state index in [1.165, 1.54) is 17.9 Å². The minimum atomic E-state index is -1.92. The Morgan fingerprint density at radius 1 is 1.16 bits per heavy atom. The number of aryl methyl sites for hydroxylation is 1. The van der Waals surface area contributed by atoms with Crippen molar-refractivity contribution in [1.29, 1.82) is 0 Å². The summed E-state index contributed by atoms with van der Waals surface area (Å²) in [4.78, 5) is 26.0. The third kappa shape index (κ3) is 3.06. The van der Waals surface area contributed by atoms with Crippen molar-refractivity contribution in [3.05, 3.63) is 63.1 Å². The first-order chi connectivity index (χ1) is 11.7. The Morgan fingerprint density at radius 3 is 2.40 bits per heavy atom. The van der Waals surface area contributed by atoms with Crippen molar-refractivity contribution in [1.82, 2.24) is 0 Å². The highest BCUT2D eigenvalue weighted by molar-refractivity contribution is 6.44. The number of fused-ring (bicyclic) bond motifs is 1. The van der Waals surface area contributed by atoms with Crippen molar-refractivity contribution in [3.63, 3.8) is 0 Å². The molecule has 1 aliphatic rings. The summed E-state index contributed by atoms with van der Waals surface area (Å²) in [6.45, 7) is 3.54. The van der Waals surface area contributed by atoms with Gasteiger partial charge >= 0.3 is 0 Å². The number of hydrogen-bond donors (Lipinski definition) is 1. The van der Waals surface area contributed by atoms with Crippen molar-refractivity contribution in [2.75, 3.05) is 4.90 Å². The van der Waals surface area contributed by atoms with Gasteiger partial charge in [-0.3, -0.25) is 9.59 Å². The number of carbonyl (C=O) groups is 2. The van der Waals surface area contributed by atoms with E-state index < -0.39 is 11.5 Å². The molecule has 0 fully saturated rings. The molecule has 0 aromatic heterocycles. The summed E-state index contributed by atoms with van der Waals surface area (Å²) in [6, 6.07) is 10.8. The number of aliphatic hydroxyl groups is 1. The molecule has 0 saturated heterocycles. The van der Waals surface area contributed by atoms with Crippen LogP contribution >= 0.6 is 23.2 Å². The van der Waals surface area contributed by atoms with E-state index >= 15 is 0 Å². The van der Waals surface area contributed by atoms with Crippen LogP contribution in [0.5, 0.6) is 0 Å². The predicted octanol–water partition coefficient (Wildman–Crippen LogP) is 4.02. The first kappa shape index (κ1) is 17.9. The molecule has 1 heterocycles. The normalized spacial score (nSPS) is 19.2. The van der Waals surface area contributed by atoms with E-state index in [1.54, 1.807) is 6.07 Å². The van der Waals surface area contributed by atoms with Crippen LogP contribution in [0.2, 0.25) is 10.0 Å². The Bertz CT molecular complexity index is 864. The molecule has 130 valence electrons. The number of Topliss-reactive ketones (excluding diaryl/α,β-unsaturated/α-hetero) is 1. The van der Waals surface area contributed by atoms with E-state index in [0.717, 1.165) is 11.1 Å². The molecule has 1 atom stereocenters. The summed E-state index contributed by atoms with van der Waals surface area (Å²) in [5, 5.41) is 11.5. The number of halogens is 2. The van der Waals surface area contributed by atoms with Crippen LogP contribution in [0.4, 0.5) is 5.69 Å². The molecule has 25 heavy (non-hydrogen) atoms. The number of ketones is 1. The Hall–Kier alpha value is -1.88. The lowest BCUT2D eigenvalue weighted by Crippen LogP contribution is -2.41. The van der Waals surface area contributed by atoms with Gasteiger partial charge in [-0.25, -0.2) is 0 Å². The molecule has 6 heteroatoms. The van der Waals surface area contributed by atoms with Crippen molar-refractivity contribution < 1.29 is 14.7 Å². The first-order valence-corrected chi connectivity index (χ1v) is 8.57. The number of hydrogen-bond acceptors (Lipinski definition) is 3. The van der Waals surface area contributed by atoms with Crippen molar-refractivity contribution >= 4 is 40.6 Å². The summed E-state index contributed by atoms with van der Waals surface area (Å²) in [6.07, 6.45) is -0.304. The van der Waals surface area contributed by atoms with Crippen molar-refractivity contribution in [2.45, 2.75) is 32.4 Å². The monoisotopic (exact) mass is 377 g/mol. The molecule has 1 N–H and O–H groups in total. The number of benzene rings is 2. The van der Waals surface area contributed by atoms with Crippen LogP contribution < -0.4 is 4.90 Å². The summed E-state index contributed by atoms with van der Waals surface area (Å²) in [5.41, 5.74) is 0.747. The molecule has 0 spiro atoms. The maximum atomic E-state index is 13.0. The minimum absolute atomic E-state index is 0.194. The zero-order valence-corrected chi connectivity index (χ0v) is 15.4. The van der Waals surface area contributed by atoms with Gasteiger partial charge in [0.05, 0.1) is 22.3 Å². The van der Waals surface area contributed by atoms with E-state index in [9.17, 15) is 14.7 Å². The van der Waals surface area contributed by atoms with Crippen LogP contribution in [0.25, 0.3) is 0 Å². The molecule has 1 unspecified atom stereocenters. The van der Waals surface area contributed by atoms with E-state index in [-0.39, 0.29) is 28.8 Å². The maximum absolute atomic E-state index is 13.0. The van der Waals surface area contributed by atoms with E-state index in [2.05, 4.69) is 0 Å². The number of amides is 1. The SMILES string of the molecule is CC(=O)CC1(O)C(=O)N(Cc2ccc(C)cc2)c2c1ccc(Cl)c2Cl. The average Bonchev–Trinajstić information content (AvgIpc) is 2.74. The quantitative estimate of drug-likeness (QED) is 0.875. The van der Waals surface area contributed by atoms with Gasteiger partial charge in [-0.05, 0) is 25.5 Å². The summed E-state index contributed by atoms with van der Waals surface area (Å²) in [7, 11) is 0. The zero-order chi connectivity index (χ0) is 18.4. The third-order valence-electron chi connectivity index (χ3n) is 4.35. The highest BCUT2D eigenvalue weighted by atomic mass is 35.5. The van der Waals surface area contributed by atoms with Gasteiger partial charge in [-0.2, -0.15) is 0 Å². The molecule has 1 amide bonds. The second-order valence-electron chi connectivity index (χ2n) is 6.37. The van der Waals surface area contributed by atoms with Gasteiger partial charge in [-0.15, -0.1) is 0 Å². The molecule has 4 nitrogen and oxygen atoms in total. The fourth-order valence-corrected chi connectivity index (χ4v) is 3.55. The Labute approximate surface area is 156 Å². The predicted molar refractivity (Wildman–Crippen MR) is 98.0 cm³/mol. The molecular weight excluding hydrogens is 361 g/mol. The zero-order valence-electron chi connectivity index (χ0n) is 13.8. The fraction of sp³-hybridized carbons (Fsp3) is 0.263. The number of rotatable bonds is 4. The van der Waals surface area contributed by atoms with Gasteiger partial charge in [-0.1, -0.05) is 59.1 Å². The molecule has 0 aliphatic carbocycles. The summed E-state index contributed by atoms with van der Waals surface area (Å²) < 4.78 is 0. The van der Waals surface area contributed by atoms with Crippen molar-refractivity contribution in [2.24, 2.45) is 0 Å². The highest BCUT2D eigenvalue weighted by Gasteiger charge is 2.51. The van der Waals surface area contributed by atoms with Gasteiger partial charge in [0.25, 0.3) is 5.91 Å². The largest absolute Gasteiger partial charge is 0.375 e. The second-order valence-corrected chi connectivity index (χ2v) is 7.16. The Kier molecular flexibility index (Phi) is 4.62. The first-order valence-electron chi connectivity index (χ1n) is 7.82. The molecule has 1 aliphatic heterocycles. The number of carbonyl (C=O) groups excluding carboxylic acids is 2. The number of nitrogens with zero attached hydrogens (tertiary/aromatic N) is 1. The molecule has 0 bridgehead atoms. The molecule has 0 radical (unpaired) electrons. The van der Waals surface area contributed by atoms with Gasteiger partial charge < -0.3 is 10.0 Å². The van der Waals surface area contributed by atoms with Crippen LogP contribution in [-0.4, -0.2) is 16.8 Å². The van der Waals surface area contributed by atoms with E-state index in [4.69, 9.17) is 23.2 Å². The van der Waals surface area contributed by atoms with Gasteiger partial charge in [0.15, 0.2) is 5.60 Å². The topological polar surface area (TPSA) is 57.6 Å². The summed E-state index contributed by atoms with van der Waals surface area (Å²) >= 11 is 12.4.